The van der Waals surface area contributed by atoms with Gasteiger partial charge in [0.1, 0.15) is 0 Å². The zero-order chi connectivity index (χ0) is 12.7. The third-order valence-electron chi connectivity index (χ3n) is 2.37. The lowest BCUT2D eigenvalue weighted by Gasteiger charge is -2.15. The Hall–Kier alpha value is -0.910. The summed E-state index contributed by atoms with van der Waals surface area (Å²) in [5, 5.41) is 16.8. The molecule has 0 saturated carbocycles. The summed E-state index contributed by atoms with van der Waals surface area (Å²) in [7, 11) is 0. The van der Waals surface area contributed by atoms with E-state index in [1.165, 1.54) is 0 Å². The summed E-state index contributed by atoms with van der Waals surface area (Å²) in [4.78, 5) is 11.2. The highest BCUT2D eigenvalue weighted by Gasteiger charge is 2.12. The number of aliphatic hydroxyl groups is 1. The van der Waals surface area contributed by atoms with Gasteiger partial charge >= 0.3 is 5.97 Å². The second-order valence-corrected chi connectivity index (χ2v) is 4.67. The van der Waals surface area contributed by atoms with Crippen molar-refractivity contribution in [3.63, 3.8) is 0 Å². The number of ether oxygens (including phenoxy) is 1. The Labute approximate surface area is 106 Å². The molecule has 0 aliphatic carbocycles. The van der Waals surface area contributed by atoms with Crippen LogP contribution in [-0.2, 0) is 9.53 Å². The van der Waals surface area contributed by atoms with Crippen LogP contribution < -0.4 is 5.32 Å². The van der Waals surface area contributed by atoms with E-state index in [2.05, 4.69) is 5.32 Å². The quantitative estimate of drug-likeness (QED) is 0.730. The third kappa shape index (κ3) is 5.30. The molecule has 4 nitrogen and oxygen atoms in total. The summed E-state index contributed by atoms with van der Waals surface area (Å²) < 4.78 is 4.85. The van der Waals surface area contributed by atoms with E-state index in [1.807, 2.05) is 23.8 Å². The molecule has 2 N–H and O–H groups in total. The van der Waals surface area contributed by atoms with E-state index in [0.29, 0.717) is 19.6 Å². The van der Waals surface area contributed by atoms with Gasteiger partial charge in [-0.1, -0.05) is 0 Å². The van der Waals surface area contributed by atoms with Crippen molar-refractivity contribution >= 4 is 17.3 Å². The lowest BCUT2D eigenvalue weighted by atomic mass is 10.1. The minimum atomic E-state index is -0.522. The maximum absolute atomic E-state index is 11.2. The minimum absolute atomic E-state index is 0.00216. The number of thiophene rings is 1. The molecule has 2 unspecified atom stereocenters. The van der Waals surface area contributed by atoms with Crippen LogP contribution in [0.2, 0.25) is 0 Å². The predicted molar refractivity (Wildman–Crippen MR) is 68.0 cm³/mol. The number of hydrogen-bond acceptors (Lipinski definition) is 5. The number of carbonyl (C=O) groups excluding carboxylic acids is 1. The van der Waals surface area contributed by atoms with Gasteiger partial charge < -0.3 is 15.2 Å². The molecule has 5 heteroatoms. The van der Waals surface area contributed by atoms with E-state index >= 15 is 0 Å². The van der Waals surface area contributed by atoms with Crippen molar-refractivity contribution in [2.75, 3.05) is 13.2 Å². The molecule has 0 aliphatic rings. The highest BCUT2D eigenvalue weighted by Crippen LogP contribution is 2.15. The zero-order valence-corrected chi connectivity index (χ0v) is 11.0. The largest absolute Gasteiger partial charge is 0.466 e. The van der Waals surface area contributed by atoms with Gasteiger partial charge in [0.25, 0.3) is 0 Å². The molecule has 1 aromatic rings. The van der Waals surface area contributed by atoms with Crippen molar-refractivity contribution < 1.29 is 14.6 Å². The van der Waals surface area contributed by atoms with Gasteiger partial charge in [0.2, 0.25) is 0 Å². The van der Waals surface area contributed by atoms with E-state index in [-0.39, 0.29) is 12.0 Å². The van der Waals surface area contributed by atoms with Crippen LogP contribution in [0.5, 0.6) is 0 Å². The molecule has 96 valence electrons. The molecule has 0 saturated heterocycles. The van der Waals surface area contributed by atoms with Crippen molar-refractivity contribution in [1.82, 2.24) is 5.32 Å². The van der Waals surface area contributed by atoms with Crippen LogP contribution in [-0.4, -0.2) is 30.3 Å². The van der Waals surface area contributed by atoms with Gasteiger partial charge in [0, 0.05) is 12.6 Å². The molecule has 0 fully saturated rings. The molecule has 0 radical (unpaired) electrons. The van der Waals surface area contributed by atoms with Gasteiger partial charge in [-0.3, -0.25) is 4.79 Å². The first-order chi connectivity index (χ1) is 8.13. The second kappa shape index (κ2) is 7.42. The normalized spacial score (nSPS) is 14.3. The van der Waals surface area contributed by atoms with Gasteiger partial charge in [0.15, 0.2) is 0 Å². The summed E-state index contributed by atoms with van der Waals surface area (Å²) in [6.07, 6.45) is -0.199. The molecule has 1 rings (SSSR count). The standard InChI is InChI=1S/C12H19NO3S/c1-3-16-12(15)6-9(2)13-7-11(14)10-4-5-17-8-10/h4-5,8-9,11,13-14H,3,6-7H2,1-2H3. The van der Waals surface area contributed by atoms with E-state index in [9.17, 15) is 9.90 Å². The van der Waals surface area contributed by atoms with Gasteiger partial charge in [0.05, 0.1) is 19.1 Å². The molecule has 0 aromatic carbocycles. The van der Waals surface area contributed by atoms with Crippen LogP contribution >= 0.6 is 11.3 Å². The van der Waals surface area contributed by atoms with Crippen LogP contribution in [0.4, 0.5) is 0 Å². The van der Waals surface area contributed by atoms with E-state index < -0.39 is 6.10 Å². The average molecular weight is 257 g/mol. The average Bonchev–Trinajstić information content (AvgIpc) is 2.79. The first kappa shape index (κ1) is 14.2. The zero-order valence-electron chi connectivity index (χ0n) is 10.2. The topological polar surface area (TPSA) is 58.6 Å². The maximum atomic E-state index is 11.2. The van der Waals surface area contributed by atoms with Crippen molar-refractivity contribution in [1.29, 1.82) is 0 Å². The predicted octanol–water partition coefficient (Wildman–Crippen LogP) is 1.71. The summed E-state index contributed by atoms with van der Waals surface area (Å²) >= 11 is 1.56. The van der Waals surface area contributed by atoms with Crippen LogP contribution in [0, 0.1) is 0 Å². The first-order valence-electron chi connectivity index (χ1n) is 5.72. The molecule has 0 bridgehead atoms. The van der Waals surface area contributed by atoms with Gasteiger partial charge in [-0.05, 0) is 36.2 Å². The fraction of sp³-hybridized carbons (Fsp3) is 0.583. The van der Waals surface area contributed by atoms with E-state index in [1.54, 1.807) is 18.3 Å². The number of hydrogen-bond donors (Lipinski definition) is 2. The third-order valence-corrected chi connectivity index (χ3v) is 3.07. The van der Waals surface area contributed by atoms with Crippen LogP contribution in [0.15, 0.2) is 16.8 Å². The van der Waals surface area contributed by atoms with Crippen molar-refractivity contribution in [3.8, 4) is 0 Å². The molecule has 0 aliphatic heterocycles. The second-order valence-electron chi connectivity index (χ2n) is 3.89. The Morgan fingerprint density at radius 1 is 1.65 bits per heavy atom. The van der Waals surface area contributed by atoms with Crippen LogP contribution in [0.25, 0.3) is 0 Å². The summed E-state index contributed by atoms with van der Waals surface area (Å²) in [6.45, 7) is 4.54. The monoisotopic (exact) mass is 257 g/mol. The molecule has 0 spiro atoms. The van der Waals surface area contributed by atoms with Crippen LogP contribution in [0.1, 0.15) is 31.9 Å². The molecular formula is C12H19NO3S. The Morgan fingerprint density at radius 3 is 3.00 bits per heavy atom. The van der Waals surface area contributed by atoms with Gasteiger partial charge in [-0.2, -0.15) is 11.3 Å². The van der Waals surface area contributed by atoms with Crippen molar-refractivity contribution in [2.24, 2.45) is 0 Å². The minimum Gasteiger partial charge on any atom is -0.466 e. The Bertz CT molecular complexity index is 327. The Balaban J connectivity index is 2.23. The highest BCUT2D eigenvalue weighted by atomic mass is 32.1. The van der Waals surface area contributed by atoms with E-state index in [0.717, 1.165) is 5.56 Å². The fourth-order valence-electron chi connectivity index (χ4n) is 1.44. The summed E-state index contributed by atoms with van der Waals surface area (Å²) in [5.74, 6) is -0.211. The van der Waals surface area contributed by atoms with Crippen molar-refractivity contribution in [2.45, 2.75) is 32.4 Å². The SMILES string of the molecule is CCOC(=O)CC(C)NCC(O)c1ccsc1. The molecule has 17 heavy (non-hydrogen) atoms. The molecule has 1 aromatic heterocycles. The lowest BCUT2D eigenvalue weighted by Crippen LogP contribution is -2.32. The smallest absolute Gasteiger partial charge is 0.307 e. The summed E-state index contributed by atoms with van der Waals surface area (Å²) in [5.41, 5.74) is 0.908. The fourth-order valence-corrected chi connectivity index (χ4v) is 2.14. The molecule has 0 amide bonds. The lowest BCUT2D eigenvalue weighted by molar-refractivity contribution is -0.143. The number of esters is 1. The van der Waals surface area contributed by atoms with Gasteiger partial charge in [-0.25, -0.2) is 0 Å². The van der Waals surface area contributed by atoms with Gasteiger partial charge in [-0.15, -0.1) is 0 Å². The highest BCUT2D eigenvalue weighted by molar-refractivity contribution is 7.07. The maximum Gasteiger partial charge on any atom is 0.307 e. The number of rotatable bonds is 7. The first-order valence-corrected chi connectivity index (χ1v) is 6.67. The van der Waals surface area contributed by atoms with E-state index in [4.69, 9.17) is 4.74 Å². The molecular weight excluding hydrogens is 238 g/mol. The Kier molecular flexibility index (Phi) is 6.18. The Morgan fingerprint density at radius 2 is 2.41 bits per heavy atom. The van der Waals surface area contributed by atoms with Crippen LogP contribution in [0.3, 0.4) is 0 Å². The van der Waals surface area contributed by atoms with Crippen molar-refractivity contribution in [3.05, 3.63) is 22.4 Å². The number of aliphatic hydroxyl groups excluding tert-OH is 1. The molecule has 2 atom stereocenters. The number of carbonyl (C=O) groups is 1. The molecule has 1 heterocycles. The summed E-state index contributed by atoms with van der Waals surface area (Å²) in [6, 6.07) is 1.90. The number of nitrogens with one attached hydrogen (secondary N) is 1.